The van der Waals surface area contributed by atoms with E-state index in [9.17, 15) is 0 Å². The van der Waals surface area contributed by atoms with Gasteiger partial charge in [0.2, 0.25) is 0 Å². The molecule has 0 bridgehead atoms. The average Bonchev–Trinajstić information content (AvgIpc) is 3.04. The van der Waals surface area contributed by atoms with E-state index in [1.165, 1.54) is 25.7 Å². The van der Waals surface area contributed by atoms with Crippen LogP contribution in [0.15, 0.2) is 67.3 Å². The van der Waals surface area contributed by atoms with Crippen molar-refractivity contribution in [2.24, 2.45) is 0 Å². The predicted octanol–water partition coefficient (Wildman–Crippen LogP) is -0.563. The molecule has 0 aromatic heterocycles. The molecule has 0 aromatic rings. The standard InChI is InChI=1S/2C9H11.2FH.Zr/c2*1-2-3-6-9-7-4-5-8-9;;;/h2*2,4,7H,1,3,5-6H2;2*1H;/q;;;;+2/p-2. The number of hydrogen-bond donors (Lipinski definition) is 0. The first kappa shape index (κ1) is 20.2. The van der Waals surface area contributed by atoms with E-state index in [-0.39, 0.29) is 9.41 Å². The molecule has 3 heteroatoms. The Morgan fingerprint density at radius 2 is 1.29 bits per heavy atom. The molecule has 0 aliphatic heterocycles. The number of allylic oxidation sites excluding steroid dienone is 10. The predicted molar refractivity (Wildman–Crippen MR) is 80.4 cm³/mol. The molecule has 0 N–H and O–H groups in total. The van der Waals surface area contributed by atoms with Gasteiger partial charge in [0, 0.05) is 0 Å². The van der Waals surface area contributed by atoms with Gasteiger partial charge < -0.3 is 9.41 Å². The maximum absolute atomic E-state index is 3.83. The van der Waals surface area contributed by atoms with Crippen LogP contribution in [0.4, 0.5) is 0 Å². The molecule has 0 saturated carbocycles. The van der Waals surface area contributed by atoms with Crippen molar-refractivity contribution in [2.75, 3.05) is 0 Å². The van der Waals surface area contributed by atoms with Crippen molar-refractivity contribution in [3.63, 3.8) is 0 Å². The maximum atomic E-state index is 3.83. The largest absolute Gasteiger partial charge is 1.00 e. The third-order valence-electron chi connectivity index (χ3n) is 3.59. The van der Waals surface area contributed by atoms with E-state index < -0.39 is 23.2 Å². The van der Waals surface area contributed by atoms with Crippen LogP contribution in [0, 0.1) is 0 Å². The quantitative estimate of drug-likeness (QED) is 0.505. The minimum Gasteiger partial charge on any atom is -1.00 e. The van der Waals surface area contributed by atoms with E-state index in [0.29, 0.717) is 0 Å². The summed E-state index contributed by atoms with van der Waals surface area (Å²) >= 11 is -0.532. The van der Waals surface area contributed by atoms with Crippen LogP contribution in [0.3, 0.4) is 0 Å². The van der Waals surface area contributed by atoms with E-state index in [1.54, 1.807) is 17.7 Å². The topological polar surface area (TPSA) is 0 Å². The summed E-state index contributed by atoms with van der Waals surface area (Å²) in [5.41, 5.74) is 3.24. The van der Waals surface area contributed by atoms with Gasteiger partial charge in [-0.25, -0.2) is 0 Å². The Bertz CT molecular complexity index is 437. The number of hydrogen-bond acceptors (Lipinski definition) is 0. The molecule has 0 unspecified atom stereocenters. The summed E-state index contributed by atoms with van der Waals surface area (Å²) in [5.74, 6) is 0. The van der Waals surface area contributed by atoms with Crippen LogP contribution in [0.1, 0.15) is 38.5 Å². The molecule has 0 amide bonds. The molecule has 0 heterocycles. The van der Waals surface area contributed by atoms with Crippen molar-refractivity contribution in [2.45, 2.75) is 38.5 Å². The van der Waals surface area contributed by atoms with Gasteiger partial charge in [0.25, 0.3) is 0 Å². The minimum atomic E-state index is -0.532. The summed E-state index contributed by atoms with van der Waals surface area (Å²) in [7, 11) is 0. The Morgan fingerprint density at radius 1 is 0.857 bits per heavy atom. The molecule has 2 aliphatic rings. The van der Waals surface area contributed by atoms with Crippen LogP contribution in [0.2, 0.25) is 0 Å². The van der Waals surface area contributed by atoms with Crippen LogP contribution < -0.4 is 9.41 Å². The van der Waals surface area contributed by atoms with Crippen LogP contribution in [-0.2, 0) is 23.2 Å². The Labute approximate surface area is 138 Å². The second kappa shape index (κ2) is 10.8. The van der Waals surface area contributed by atoms with Gasteiger partial charge in [-0.2, -0.15) is 0 Å². The van der Waals surface area contributed by atoms with Gasteiger partial charge in [0.1, 0.15) is 0 Å². The van der Waals surface area contributed by atoms with Gasteiger partial charge >= 0.3 is 129 Å². The minimum absolute atomic E-state index is 0. The smallest absolute Gasteiger partial charge is 1.00 e. The van der Waals surface area contributed by atoms with Gasteiger partial charge in [-0.1, -0.05) is 0 Å². The molecule has 0 radical (unpaired) electrons. The van der Waals surface area contributed by atoms with Crippen molar-refractivity contribution in [1.29, 1.82) is 0 Å². The van der Waals surface area contributed by atoms with Gasteiger partial charge in [-0.05, 0) is 0 Å². The molecular formula is C18H22F2Zr. The van der Waals surface area contributed by atoms with Crippen LogP contribution in [0.25, 0.3) is 0 Å². The summed E-state index contributed by atoms with van der Waals surface area (Å²) in [6.45, 7) is 7.67. The van der Waals surface area contributed by atoms with E-state index in [4.69, 9.17) is 0 Å². The molecule has 0 aromatic carbocycles. The van der Waals surface area contributed by atoms with E-state index in [1.807, 2.05) is 12.2 Å². The third-order valence-corrected chi connectivity index (χ3v) is 7.66. The molecule has 0 nitrogen and oxygen atoms in total. The fourth-order valence-electron chi connectivity index (χ4n) is 2.53. The summed E-state index contributed by atoms with van der Waals surface area (Å²) in [5, 5.41) is 0. The molecule has 21 heavy (non-hydrogen) atoms. The van der Waals surface area contributed by atoms with Crippen molar-refractivity contribution in [1.82, 2.24) is 0 Å². The summed E-state index contributed by atoms with van der Waals surface area (Å²) in [4.78, 5) is 0. The molecule has 2 aliphatic carbocycles. The average molecular weight is 368 g/mol. The van der Waals surface area contributed by atoms with Gasteiger partial charge in [0.15, 0.2) is 0 Å². The molecule has 0 saturated heterocycles. The van der Waals surface area contributed by atoms with Crippen molar-refractivity contribution >= 4 is 0 Å². The van der Waals surface area contributed by atoms with Gasteiger partial charge in [0.05, 0.1) is 0 Å². The third kappa shape index (κ3) is 5.82. The summed E-state index contributed by atoms with van der Waals surface area (Å²) in [6, 6.07) is 0. The molecule has 0 atom stereocenters. The Kier molecular flexibility index (Phi) is 10.4. The molecule has 2 rings (SSSR count). The Morgan fingerprint density at radius 3 is 1.67 bits per heavy atom. The van der Waals surface area contributed by atoms with Crippen LogP contribution in [0.5, 0.6) is 0 Å². The summed E-state index contributed by atoms with van der Waals surface area (Å²) in [6.07, 6.45) is 20.5. The molecular weight excluding hydrogens is 345 g/mol. The first-order valence-corrected chi connectivity index (χ1v) is 9.57. The van der Waals surface area contributed by atoms with Crippen molar-refractivity contribution in [3.05, 3.63) is 67.3 Å². The van der Waals surface area contributed by atoms with Crippen LogP contribution in [-0.4, -0.2) is 0 Å². The van der Waals surface area contributed by atoms with Crippen molar-refractivity contribution in [3.8, 4) is 0 Å². The summed E-state index contributed by atoms with van der Waals surface area (Å²) < 4.78 is 3.58. The fraction of sp³-hybridized carbons (Fsp3) is 0.333. The van der Waals surface area contributed by atoms with Crippen LogP contribution >= 0.6 is 0 Å². The fourth-order valence-corrected chi connectivity index (χ4v) is 6.32. The molecule has 0 spiro atoms. The zero-order valence-corrected chi connectivity index (χ0v) is 14.8. The second-order valence-electron chi connectivity index (χ2n) is 5.00. The number of rotatable bonds is 8. The monoisotopic (exact) mass is 366 g/mol. The number of halogens is 2. The zero-order valence-electron chi connectivity index (χ0n) is 12.4. The van der Waals surface area contributed by atoms with Gasteiger partial charge in [-0.15, -0.1) is 0 Å². The first-order chi connectivity index (χ1) is 9.35. The zero-order chi connectivity index (χ0) is 13.5. The normalized spacial score (nSPS) is 15.6. The second-order valence-corrected chi connectivity index (χ2v) is 8.58. The Balaban J connectivity index is 0.00000200. The van der Waals surface area contributed by atoms with Gasteiger partial charge in [-0.3, -0.25) is 0 Å². The Hall–Kier alpha value is -0.817. The van der Waals surface area contributed by atoms with E-state index in [2.05, 4.69) is 37.5 Å². The molecule has 112 valence electrons. The maximum Gasteiger partial charge on any atom is -1.00 e. The van der Waals surface area contributed by atoms with Crippen molar-refractivity contribution < 1.29 is 32.6 Å². The van der Waals surface area contributed by atoms with E-state index in [0.717, 1.165) is 12.8 Å². The molecule has 0 fully saturated rings. The van der Waals surface area contributed by atoms with E-state index >= 15 is 0 Å². The SMILES string of the molecule is C=CCCC1=[C]([Zr+2][C]2=C(CCC=C)C=CC2)CC=C1.[F-].[F-]. The first-order valence-electron chi connectivity index (χ1n) is 7.11.